The van der Waals surface area contributed by atoms with Crippen molar-refractivity contribution in [1.29, 1.82) is 0 Å². The van der Waals surface area contributed by atoms with Crippen molar-refractivity contribution in [1.82, 2.24) is 18.7 Å². The van der Waals surface area contributed by atoms with Crippen LogP contribution in [-0.2, 0) is 29.0 Å². The number of halogens is 2. The Bertz CT molecular complexity index is 1400. The highest BCUT2D eigenvalue weighted by molar-refractivity contribution is 6.76. The van der Waals surface area contributed by atoms with Gasteiger partial charge in [0.1, 0.15) is 6.73 Å². The number of rotatable bonds is 12. The Hall–Kier alpha value is -1.70. The van der Waals surface area contributed by atoms with Crippen LogP contribution >= 0.6 is 23.2 Å². The highest BCUT2D eigenvalue weighted by Gasteiger charge is 2.36. The molecule has 0 aliphatic heterocycles. The lowest BCUT2D eigenvalue weighted by atomic mass is 10.2. The second-order valence-corrected chi connectivity index (χ2v) is 23.9. The maximum atomic E-state index is 13.7. The van der Waals surface area contributed by atoms with Gasteiger partial charge in [-0.15, -0.1) is 0 Å². The molecule has 216 valence electrons. The van der Waals surface area contributed by atoms with Crippen molar-refractivity contribution >= 4 is 50.8 Å². The summed E-state index contributed by atoms with van der Waals surface area (Å²) >= 11 is 12.6. The van der Waals surface area contributed by atoms with Gasteiger partial charge in [-0.2, -0.15) is 4.98 Å². The summed E-state index contributed by atoms with van der Waals surface area (Å²) < 4.78 is 16.5. The Morgan fingerprint density at radius 1 is 0.923 bits per heavy atom. The first kappa shape index (κ1) is 31.8. The molecule has 3 rings (SSSR count). The van der Waals surface area contributed by atoms with E-state index >= 15 is 0 Å². The van der Waals surface area contributed by atoms with Crippen molar-refractivity contribution < 1.29 is 9.16 Å². The summed E-state index contributed by atoms with van der Waals surface area (Å²) in [7, 11) is -3.26. The van der Waals surface area contributed by atoms with E-state index in [-0.39, 0.29) is 34.8 Å². The SMILES string of the molecule is CC(C)(C)[Si](C)(C)OCCCn1c(=O)c2c(nc(Cl)n2Cc2ccc(Cl)cc2)n(COCC[Si](C)(C)C)c1=O. The molecule has 0 spiro atoms. The van der Waals surface area contributed by atoms with E-state index in [0.717, 1.165) is 11.6 Å². The molecule has 0 bridgehead atoms. The monoisotopic (exact) mass is 612 g/mol. The van der Waals surface area contributed by atoms with Crippen LogP contribution in [0.1, 0.15) is 32.8 Å². The van der Waals surface area contributed by atoms with Gasteiger partial charge in [-0.1, -0.05) is 64.1 Å². The van der Waals surface area contributed by atoms with Crippen molar-refractivity contribution in [2.75, 3.05) is 13.2 Å². The van der Waals surface area contributed by atoms with Gasteiger partial charge in [0.15, 0.2) is 19.5 Å². The molecule has 0 radical (unpaired) electrons. The Morgan fingerprint density at radius 3 is 2.15 bits per heavy atom. The highest BCUT2D eigenvalue weighted by atomic mass is 35.5. The van der Waals surface area contributed by atoms with Crippen molar-refractivity contribution in [3.63, 3.8) is 0 Å². The van der Waals surface area contributed by atoms with Crippen LogP contribution in [0, 0.1) is 0 Å². The van der Waals surface area contributed by atoms with Crippen molar-refractivity contribution in [3.05, 3.63) is 61.0 Å². The zero-order valence-electron chi connectivity index (χ0n) is 24.4. The largest absolute Gasteiger partial charge is 0.417 e. The molecule has 2 aromatic heterocycles. The molecule has 0 amide bonds. The number of hydrogen-bond acceptors (Lipinski definition) is 5. The maximum absolute atomic E-state index is 13.7. The third-order valence-electron chi connectivity index (χ3n) is 7.33. The Balaban J connectivity index is 1.98. The third-order valence-corrected chi connectivity index (χ3v) is 14.1. The summed E-state index contributed by atoms with van der Waals surface area (Å²) in [5.74, 6) is 0. The minimum absolute atomic E-state index is 0.00511. The molecule has 8 nitrogen and oxygen atoms in total. The van der Waals surface area contributed by atoms with E-state index in [2.05, 4.69) is 58.5 Å². The molecule has 3 aromatic rings. The summed E-state index contributed by atoms with van der Waals surface area (Å²) in [5, 5.41) is 0.825. The summed E-state index contributed by atoms with van der Waals surface area (Å²) in [6.07, 6.45) is 0.530. The molecule has 12 heteroatoms. The van der Waals surface area contributed by atoms with Gasteiger partial charge in [-0.3, -0.25) is 13.9 Å². The average molecular weight is 614 g/mol. The van der Waals surface area contributed by atoms with Crippen LogP contribution < -0.4 is 11.2 Å². The van der Waals surface area contributed by atoms with E-state index in [1.807, 2.05) is 12.1 Å². The van der Waals surface area contributed by atoms with Gasteiger partial charge in [0.25, 0.3) is 5.56 Å². The molecule has 0 saturated heterocycles. The van der Waals surface area contributed by atoms with Crippen molar-refractivity contribution in [2.24, 2.45) is 0 Å². The van der Waals surface area contributed by atoms with Gasteiger partial charge in [-0.25, -0.2) is 4.79 Å². The van der Waals surface area contributed by atoms with Crippen LogP contribution in [0.2, 0.25) is 54.1 Å². The van der Waals surface area contributed by atoms with E-state index in [1.165, 1.54) is 9.13 Å². The standard InChI is InChI=1S/C27H42Cl2N4O4Si2/c1-27(2,3)39(7,8)37-15-9-14-31-24(34)22-23(33(26(31)35)19-36-16-17-38(4,5)6)30-25(29)32(22)18-20-10-12-21(28)13-11-20/h10-13H,9,14-19H2,1-8H3. The molecule has 0 aliphatic rings. The minimum atomic E-state index is -1.94. The smallest absolute Gasteiger partial charge is 0.334 e. The first-order valence-electron chi connectivity index (χ1n) is 13.4. The second kappa shape index (κ2) is 12.4. The topological polar surface area (TPSA) is 80.3 Å². The molecule has 2 heterocycles. The van der Waals surface area contributed by atoms with Crippen molar-refractivity contribution in [2.45, 2.75) is 90.8 Å². The van der Waals surface area contributed by atoms with Crippen LogP contribution in [0.4, 0.5) is 0 Å². The van der Waals surface area contributed by atoms with Crippen LogP contribution in [-0.4, -0.2) is 48.3 Å². The molecule has 0 atom stereocenters. The van der Waals surface area contributed by atoms with Crippen LogP contribution in [0.5, 0.6) is 0 Å². The molecular formula is C27H42Cl2N4O4Si2. The zero-order chi connectivity index (χ0) is 29.2. The van der Waals surface area contributed by atoms with E-state index in [4.69, 9.17) is 32.4 Å². The van der Waals surface area contributed by atoms with Gasteiger partial charge in [0.2, 0.25) is 5.28 Å². The number of imidazole rings is 1. The molecule has 0 N–H and O–H groups in total. The van der Waals surface area contributed by atoms with Gasteiger partial charge in [-0.05, 0) is 59.9 Å². The molecule has 0 aliphatic carbocycles. The fourth-order valence-corrected chi connectivity index (χ4v) is 5.99. The molecule has 0 saturated carbocycles. The Kier molecular flexibility index (Phi) is 10.2. The van der Waals surface area contributed by atoms with E-state index in [0.29, 0.717) is 31.2 Å². The number of aromatic nitrogens is 4. The molecular weight excluding hydrogens is 571 g/mol. The van der Waals surface area contributed by atoms with Gasteiger partial charge in [0, 0.05) is 32.9 Å². The first-order chi connectivity index (χ1) is 18.0. The summed E-state index contributed by atoms with van der Waals surface area (Å²) in [6.45, 7) is 19.3. The quantitative estimate of drug-likeness (QED) is 0.134. The lowest BCUT2D eigenvalue weighted by molar-refractivity contribution is 0.0853. The number of ether oxygens (including phenoxy) is 1. The molecule has 0 unspecified atom stereocenters. The predicted molar refractivity (Wildman–Crippen MR) is 166 cm³/mol. The van der Waals surface area contributed by atoms with E-state index in [9.17, 15) is 9.59 Å². The van der Waals surface area contributed by atoms with Crippen molar-refractivity contribution in [3.8, 4) is 0 Å². The average Bonchev–Trinajstić information content (AvgIpc) is 3.13. The summed E-state index contributed by atoms with van der Waals surface area (Å²) in [6, 6.07) is 8.27. The summed E-state index contributed by atoms with van der Waals surface area (Å²) in [4.78, 5) is 31.7. The fraction of sp³-hybridized carbons (Fsp3) is 0.593. The first-order valence-corrected chi connectivity index (χ1v) is 20.7. The Labute approximate surface area is 243 Å². The van der Waals surface area contributed by atoms with E-state index in [1.54, 1.807) is 16.7 Å². The maximum Gasteiger partial charge on any atom is 0.334 e. The third kappa shape index (κ3) is 7.95. The Morgan fingerprint density at radius 2 is 1.56 bits per heavy atom. The lowest BCUT2D eigenvalue weighted by Gasteiger charge is -2.36. The second-order valence-electron chi connectivity index (χ2n) is 12.7. The highest BCUT2D eigenvalue weighted by Crippen LogP contribution is 2.36. The van der Waals surface area contributed by atoms with Crippen LogP contribution in [0.15, 0.2) is 33.9 Å². The number of nitrogens with zero attached hydrogens (tertiary/aromatic N) is 4. The minimum Gasteiger partial charge on any atom is -0.417 e. The molecule has 1 aromatic carbocycles. The van der Waals surface area contributed by atoms with Crippen LogP contribution in [0.3, 0.4) is 0 Å². The zero-order valence-corrected chi connectivity index (χ0v) is 27.9. The number of benzene rings is 1. The van der Waals surface area contributed by atoms with Crippen LogP contribution in [0.25, 0.3) is 11.2 Å². The molecule has 0 fully saturated rings. The summed E-state index contributed by atoms with van der Waals surface area (Å²) in [5.41, 5.74) is 0.521. The lowest BCUT2D eigenvalue weighted by Crippen LogP contribution is -2.43. The number of hydrogen-bond donors (Lipinski definition) is 0. The van der Waals surface area contributed by atoms with Gasteiger partial charge < -0.3 is 13.7 Å². The molecule has 39 heavy (non-hydrogen) atoms. The predicted octanol–water partition coefficient (Wildman–Crippen LogP) is 6.44. The number of fused-ring (bicyclic) bond motifs is 1. The van der Waals surface area contributed by atoms with E-state index < -0.39 is 27.6 Å². The normalized spacial score (nSPS) is 13.0. The fourth-order valence-electron chi connectivity index (χ4n) is 3.79. The van der Waals surface area contributed by atoms with Gasteiger partial charge in [0.05, 0.1) is 6.54 Å². The van der Waals surface area contributed by atoms with Gasteiger partial charge >= 0.3 is 5.69 Å².